The molecule has 0 aliphatic carbocycles. The van der Waals surface area contributed by atoms with Crippen molar-refractivity contribution in [3.8, 4) is 22.6 Å². The van der Waals surface area contributed by atoms with Gasteiger partial charge in [-0.3, -0.25) is 0 Å². The van der Waals surface area contributed by atoms with Crippen molar-refractivity contribution in [3.05, 3.63) is 36.0 Å². The van der Waals surface area contributed by atoms with Crippen LogP contribution in [-0.2, 0) is 0 Å². The van der Waals surface area contributed by atoms with Gasteiger partial charge in [-0.2, -0.15) is 0 Å². The normalized spacial score (nSPS) is 13.4. The van der Waals surface area contributed by atoms with E-state index in [9.17, 15) is 0 Å². The summed E-state index contributed by atoms with van der Waals surface area (Å²) in [5.41, 5.74) is 8.84. The van der Waals surface area contributed by atoms with Gasteiger partial charge in [0.15, 0.2) is 11.5 Å². The van der Waals surface area contributed by atoms with E-state index in [4.69, 9.17) is 15.2 Å². The van der Waals surface area contributed by atoms with Crippen LogP contribution in [0.4, 0.5) is 5.82 Å². The van der Waals surface area contributed by atoms with Crippen LogP contribution in [0.25, 0.3) is 11.1 Å². The van der Waals surface area contributed by atoms with Crippen molar-refractivity contribution in [2.45, 2.75) is 6.92 Å². The van der Waals surface area contributed by atoms with Crippen molar-refractivity contribution in [2.24, 2.45) is 0 Å². The Morgan fingerprint density at radius 3 is 2.50 bits per heavy atom. The Balaban J connectivity index is 2.09. The molecule has 0 fully saturated rings. The number of nitrogens with zero attached hydrogens (tertiary/aromatic N) is 1. The highest BCUT2D eigenvalue weighted by Gasteiger charge is 2.15. The molecule has 0 radical (unpaired) electrons. The molecule has 3 rings (SSSR count). The fourth-order valence-electron chi connectivity index (χ4n) is 2.07. The number of hydrogen-bond acceptors (Lipinski definition) is 4. The van der Waals surface area contributed by atoms with Crippen molar-refractivity contribution in [3.63, 3.8) is 0 Å². The zero-order chi connectivity index (χ0) is 12.5. The minimum absolute atomic E-state index is 0.522. The minimum Gasteiger partial charge on any atom is -0.486 e. The highest BCUT2D eigenvalue weighted by atomic mass is 16.6. The fraction of sp³-hybridized carbons (Fsp3) is 0.214. The summed E-state index contributed by atoms with van der Waals surface area (Å²) in [6.45, 7) is 3.24. The summed E-state index contributed by atoms with van der Waals surface area (Å²) < 4.78 is 11.1. The summed E-state index contributed by atoms with van der Waals surface area (Å²) in [6, 6.07) is 7.75. The van der Waals surface area contributed by atoms with Crippen LogP contribution in [0.5, 0.6) is 11.5 Å². The number of benzene rings is 1. The molecule has 4 nitrogen and oxygen atoms in total. The topological polar surface area (TPSA) is 57.4 Å². The largest absolute Gasteiger partial charge is 0.486 e. The van der Waals surface area contributed by atoms with Crippen molar-refractivity contribution in [1.29, 1.82) is 0 Å². The van der Waals surface area contributed by atoms with Gasteiger partial charge in [0.05, 0.1) is 0 Å². The summed E-state index contributed by atoms with van der Waals surface area (Å²) in [4.78, 5) is 4.11. The number of anilines is 1. The van der Waals surface area contributed by atoms with E-state index < -0.39 is 0 Å². The Morgan fingerprint density at radius 2 is 1.83 bits per heavy atom. The number of nitrogens with two attached hydrogens (primary N) is 1. The van der Waals surface area contributed by atoms with E-state index in [1.807, 2.05) is 25.1 Å². The van der Waals surface area contributed by atoms with Crippen LogP contribution in [0, 0.1) is 6.92 Å². The van der Waals surface area contributed by atoms with Crippen LogP contribution in [0.15, 0.2) is 30.5 Å². The molecule has 0 amide bonds. The Morgan fingerprint density at radius 1 is 1.11 bits per heavy atom. The minimum atomic E-state index is 0.522. The Labute approximate surface area is 105 Å². The lowest BCUT2D eigenvalue weighted by Gasteiger charge is -2.20. The smallest absolute Gasteiger partial charge is 0.161 e. The zero-order valence-corrected chi connectivity index (χ0v) is 10.1. The molecule has 4 heteroatoms. The first-order valence-electron chi connectivity index (χ1n) is 5.86. The summed E-state index contributed by atoms with van der Waals surface area (Å²) >= 11 is 0. The molecule has 18 heavy (non-hydrogen) atoms. The zero-order valence-electron chi connectivity index (χ0n) is 10.1. The molecule has 1 aromatic carbocycles. The van der Waals surface area contributed by atoms with Gasteiger partial charge in [0.25, 0.3) is 0 Å². The van der Waals surface area contributed by atoms with Gasteiger partial charge in [0.1, 0.15) is 19.0 Å². The maximum atomic E-state index is 5.60. The van der Waals surface area contributed by atoms with Crippen molar-refractivity contribution >= 4 is 5.82 Å². The average Bonchev–Trinajstić information content (AvgIpc) is 2.39. The Kier molecular flexibility index (Phi) is 2.55. The van der Waals surface area contributed by atoms with Gasteiger partial charge in [-0.1, -0.05) is 0 Å². The standard InChI is InChI=1S/C14H14N2O2/c1-9-6-12-13(18-5-4-17-12)7-11(9)10-2-3-14(15)16-8-10/h2-3,6-8H,4-5H2,1H3,(H2,15,16). The Bertz CT molecular complexity index is 579. The van der Waals surface area contributed by atoms with Crippen LogP contribution in [0.3, 0.4) is 0 Å². The SMILES string of the molecule is Cc1cc2c(cc1-c1ccc(N)nc1)OCCO2. The first-order chi connectivity index (χ1) is 8.74. The van der Waals surface area contributed by atoms with E-state index in [0.29, 0.717) is 19.0 Å². The van der Waals surface area contributed by atoms with Crippen molar-refractivity contribution < 1.29 is 9.47 Å². The molecule has 2 aromatic rings. The quantitative estimate of drug-likeness (QED) is 0.834. The van der Waals surface area contributed by atoms with Crippen LogP contribution >= 0.6 is 0 Å². The van der Waals surface area contributed by atoms with Gasteiger partial charge >= 0.3 is 0 Å². The van der Waals surface area contributed by atoms with Gasteiger partial charge in [-0.25, -0.2) is 4.98 Å². The second-order valence-corrected chi connectivity index (χ2v) is 4.28. The van der Waals surface area contributed by atoms with Crippen molar-refractivity contribution in [1.82, 2.24) is 4.98 Å². The first kappa shape index (κ1) is 10.9. The molecule has 1 aromatic heterocycles. The summed E-state index contributed by atoms with van der Waals surface area (Å²) in [5, 5.41) is 0. The molecule has 0 bridgehead atoms. The highest BCUT2D eigenvalue weighted by molar-refractivity contribution is 5.71. The fourth-order valence-corrected chi connectivity index (χ4v) is 2.07. The molecule has 0 unspecified atom stereocenters. The molecule has 92 valence electrons. The predicted molar refractivity (Wildman–Crippen MR) is 69.8 cm³/mol. The molecule has 0 spiro atoms. The summed E-state index contributed by atoms with van der Waals surface area (Å²) in [6.07, 6.45) is 1.77. The number of aromatic nitrogens is 1. The second kappa shape index (κ2) is 4.22. The lowest BCUT2D eigenvalue weighted by Crippen LogP contribution is -2.15. The number of fused-ring (bicyclic) bond motifs is 1. The van der Waals surface area contributed by atoms with E-state index in [0.717, 1.165) is 28.2 Å². The number of aryl methyl sites for hydroxylation is 1. The van der Waals surface area contributed by atoms with Gasteiger partial charge < -0.3 is 15.2 Å². The van der Waals surface area contributed by atoms with E-state index in [1.165, 1.54) is 0 Å². The third-order valence-corrected chi connectivity index (χ3v) is 2.99. The van der Waals surface area contributed by atoms with E-state index in [2.05, 4.69) is 4.98 Å². The second-order valence-electron chi connectivity index (χ2n) is 4.28. The number of ether oxygens (including phenoxy) is 2. The summed E-state index contributed by atoms with van der Waals surface area (Å²) in [5.74, 6) is 2.12. The molecule has 0 saturated heterocycles. The number of hydrogen-bond donors (Lipinski definition) is 1. The van der Waals surface area contributed by atoms with Gasteiger partial charge in [-0.05, 0) is 42.3 Å². The van der Waals surface area contributed by atoms with Crippen LogP contribution < -0.4 is 15.2 Å². The van der Waals surface area contributed by atoms with Gasteiger partial charge in [0.2, 0.25) is 0 Å². The van der Waals surface area contributed by atoms with Crippen LogP contribution in [-0.4, -0.2) is 18.2 Å². The maximum Gasteiger partial charge on any atom is 0.161 e. The highest BCUT2D eigenvalue weighted by Crippen LogP contribution is 2.37. The maximum absolute atomic E-state index is 5.60. The number of pyridine rings is 1. The van der Waals surface area contributed by atoms with Gasteiger partial charge in [-0.15, -0.1) is 0 Å². The van der Waals surface area contributed by atoms with E-state index >= 15 is 0 Å². The lowest BCUT2D eigenvalue weighted by atomic mass is 10.0. The average molecular weight is 242 g/mol. The summed E-state index contributed by atoms with van der Waals surface area (Å²) in [7, 11) is 0. The first-order valence-corrected chi connectivity index (χ1v) is 5.86. The molecule has 1 aliphatic rings. The van der Waals surface area contributed by atoms with E-state index in [1.54, 1.807) is 12.3 Å². The predicted octanol–water partition coefficient (Wildman–Crippen LogP) is 2.41. The van der Waals surface area contributed by atoms with Gasteiger partial charge in [0, 0.05) is 11.8 Å². The molecule has 2 N–H and O–H groups in total. The molecular formula is C14H14N2O2. The van der Waals surface area contributed by atoms with Crippen LogP contribution in [0.2, 0.25) is 0 Å². The van der Waals surface area contributed by atoms with Crippen LogP contribution in [0.1, 0.15) is 5.56 Å². The van der Waals surface area contributed by atoms with Crippen molar-refractivity contribution in [2.75, 3.05) is 18.9 Å². The third-order valence-electron chi connectivity index (χ3n) is 2.99. The number of nitrogen functional groups attached to an aromatic ring is 1. The number of rotatable bonds is 1. The molecule has 1 aliphatic heterocycles. The lowest BCUT2D eigenvalue weighted by molar-refractivity contribution is 0.171. The molecular weight excluding hydrogens is 228 g/mol. The monoisotopic (exact) mass is 242 g/mol. The van der Waals surface area contributed by atoms with E-state index in [-0.39, 0.29) is 0 Å². The molecule has 0 saturated carbocycles. The Hall–Kier alpha value is -2.23. The third kappa shape index (κ3) is 1.86. The molecule has 2 heterocycles. The molecule has 0 atom stereocenters.